The number of rotatable bonds is 2. The van der Waals surface area contributed by atoms with Gasteiger partial charge in [0.2, 0.25) is 0 Å². The summed E-state index contributed by atoms with van der Waals surface area (Å²) >= 11 is 0. The van der Waals surface area contributed by atoms with Crippen molar-refractivity contribution in [2.75, 3.05) is 5.73 Å². The van der Waals surface area contributed by atoms with E-state index in [0.29, 0.717) is 11.3 Å². The molecule has 0 bridgehead atoms. The second-order valence-electron chi connectivity index (χ2n) is 4.02. The average Bonchev–Trinajstić information content (AvgIpc) is 2.58. The zero-order valence-corrected chi connectivity index (χ0v) is 9.86. The highest BCUT2D eigenvalue weighted by Gasteiger charge is 2.08. The minimum absolute atomic E-state index is 0.0362. The first kappa shape index (κ1) is 11.2. The summed E-state index contributed by atoms with van der Waals surface area (Å²) in [5.74, 6) is -0.0362. The van der Waals surface area contributed by atoms with Crippen molar-refractivity contribution in [3.63, 3.8) is 0 Å². The Kier molecular flexibility index (Phi) is 2.59. The fraction of sp³-hybridized carbons (Fsp3) is 0.167. The van der Waals surface area contributed by atoms with Gasteiger partial charge in [0.05, 0.1) is 11.4 Å². The van der Waals surface area contributed by atoms with Crippen LogP contribution in [0.4, 0.5) is 5.69 Å². The second-order valence-corrected chi connectivity index (χ2v) is 4.02. The molecule has 0 saturated heterocycles. The molecule has 88 valence electrons. The van der Waals surface area contributed by atoms with Crippen molar-refractivity contribution in [1.29, 1.82) is 5.41 Å². The van der Waals surface area contributed by atoms with Gasteiger partial charge in [0.25, 0.3) is 0 Å². The molecule has 0 aliphatic carbocycles. The van der Waals surface area contributed by atoms with Gasteiger partial charge in [-0.2, -0.15) is 5.10 Å². The molecule has 17 heavy (non-hydrogen) atoms. The third-order valence-electron chi connectivity index (χ3n) is 2.58. The molecule has 1 aromatic heterocycles. The van der Waals surface area contributed by atoms with Crippen LogP contribution in [-0.4, -0.2) is 15.6 Å². The van der Waals surface area contributed by atoms with Crippen LogP contribution >= 0.6 is 0 Å². The molecule has 0 aliphatic heterocycles. The number of nitrogens with one attached hydrogen (secondary N) is 1. The Labute approximate surface area is 99.6 Å². The standard InChI is InChI=1S/C12H15N5/c1-7-5-8(2)17(16-7)9-3-4-11(13)10(6-9)12(14)15/h3-6H,13H2,1-2H3,(H3,14,15). The van der Waals surface area contributed by atoms with Crippen LogP contribution in [0.1, 0.15) is 17.0 Å². The number of anilines is 1. The lowest BCUT2D eigenvalue weighted by atomic mass is 10.1. The number of aryl methyl sites for hydroxylation is 2. The van der Waals surface area contributed by atoms with Gasteiger partial charge in [-0.05, 0) is 38.1 Å². The first-order chi connectivity index (χ1) is 7.99. The summed E-state index contributed by atoms with van der Waals surface area (Å²) in [5.41, 5.74) is 15.1. The Morgan fingerprint density at radius 3 is 2.53 bits per heavy atom. The van der Waals surface area contributed by atoms with Gasteiger partial charge in [-0.3, -0.25) is 5.41 Å². The predicted octanol–water partition coefficient (Wildman–Crippen LogP) is 1.36. The van der Waals surface area contributed by atoms with Crippen LogP contribution in [0.5, 0.6) is 0 Å². The average molecular weight is 229 g/mol. The molecule has 0 radical (unpaired) electrons. The van der Waals surface area contributed by atoms with E-state index in [2.05, 4.69) is 5.10 Å². The normalized spacial score (nSPS) is 10.5. The van der Waals surface area contributed by atoms with Gasteiger partial charge in [0.1, 0.15) is 5.84 Å². The maximum Gasteiger partial charge on any atom is 0.124 e. The van der Waals surface area contributed by atoms with Crippen molar-refractivity contribution in [2.45, 2.75) is 13.8 Å². The van der Waals surface area contributed by atoms with E-state index in [1.165, 1.54) is 0 Å². The van der Waals surface area contributed by atoms with Gasteiger partial charge in [-0.15, -0.1) is 0 Å². The molecule has 0 fully saturated rings. The summed E-state index contributed by atoms with van der Waals surface area (Å²) in [4.78, 5) is 0. The molecule has 0 spiro atoms. The van der Waals surface area contributed by atoms with Crippen LogP contribution in [0.3, 0.4) is 0 Å². The topological polar surface area (TPSA) is 93.7 Å². The van der Waals surface area contributed by atoms with Crippen LogP contribution in [0.15, 0.2) is 24.3 Å². The molecule has 0 aliphatic rings. The lowest BCUT2D eigenvalue weighted by molar-refractivity contribution is 0.833. The fourth-order valence-electron chi connectivity index (χ4n) is 1.80. The number of nitrogen functional groups attached to an aromatic ring is 2. The zero-order valence-electron chi connectivity index (χ0n) is 9.86. The Morgan fingerprint density at radius 1 is 1.29 bits per heavy atom. The number of aromatic nitrogens is 2. The van der Waals surface area contributed by atoms with E-state index in [0.717, 1.165) is 17.1 Å². The molecular formula is C12H15N5. The van der Waals surface area contributed by atoms with Crippen molar-refractivity contribution in [1.82, 2.24) is 9.78 Å². The molecular weight excluding hydrogens is 214 g/mol. The minimum Gasteiger partial charge on any atom is -0.398 e. The van der Waals surface area contributed by atoms with Gasteiger partial charge >= 0.3 is 0 Å². The SMILES string of the molecule is Cc1cc(C)n(-c2ccc(N)c(C(=N)N)c2)n1. The Bertz CT molecular complexity index is 583. The van der Waals surface area contributed by atoms with Crippen molar-refractivity contribution < 1.29 is 0 Å². The van der Waals surface area contributed by atoms with Crippen LogP contribution in [0.2, 0.25) is 0 Å². The molecule has 0 atom stereocenters. The van der Waals surface area contributed by atoms with Crippen LogP contribution < -0.4 is 11.5 Å². The summed E-state index contributed by atoms with van der Waals surface area (Å²) in [5, 5.41) is 11.8. The van der Waals surface area contributed by atoms with Crippen LogP contribution in [-0.2, 0) is 0 Å². The molecule has 0 amide bonds. The summed E-state index contributed by atoms with van der Waals surface area (Å²) in [6, 6.07) is 7.37. The summed E-state index contributed by atoms with van der Waals surface area (Å²) in [6.07, 6.45) is 0. The van der Waals surface area contributed by atoms with E-state index in [1.807, 2.05) is 26.0 Å². The molecule has 5 nitrogen and oxygen atoms in total. The lowest BCUT2D eigenvalue weighted by Crippen LogP contribution is -2.14. The first-order valence-electron chi connectivity index (χ1n) is 5.26. The molecule has 5 heteroatoms. The molecule has 0 unspecified atom stereocenters. The Hall–Kier alpha value is -2.30. The highest BCUT2D eigenvalue weighted by atomic mass is 15.3. The van der Waals surface area contributed by atoms with E-state index in [9.17, 15) is 0 Å². The predicted molar refractivity (Wildman–Crippen MR) is 68.5 cm³/mol. The molecule has 2 rings (SSSR count). The maximum absolute atomic E-state index is 7.46. The van der Waals surface area contributed by atoms with Crippen molar-refractivity contribution >= 4 is 11.5 Å². The smallest absolute Gasteiger partial charge is 0.124 e. The molecule has 1 aromatic carbocycles. The number of nitrogens with two attached hydrogens (primary N) is 2. The van der Waals surface area contributed by atoms with Gasteiger partial charge in [0.15, 0.2) is 0 Å². The highest BCUT2D eigenvalue weighted by Crippen LogP contribution is 2.18. The van der Waals surface area contributed by atoms with E-state index < -0.39 is 0 Å². The van der Waals surface area contributed by atoms with Crippen molar-refractivity contribution in [2.24, 2.45) is 5.73 Å². The van der Waals surface area contributed by atoms with Gasteiger partial charge in [-0.1, -0.05) is 0 Å². The highest BCUT2D eigenvalue weighted by molar-refractivity contribution is 6.00. The largest absolute Gasteiger partial charge is 0.398 e. The second kappa shape index (κ2) is 3.93. The number of hydrogen-bond acceptors (Lipinski definition) is 3. The summed E-state index contributed by atoms with van der Waals surface area (Å²) in [6.45, 7) is 3.91. The van der Waals surface area contributed by atoms with Crippen LogP contribution in [0.25, 0.3) is 5.69 Å². The third kappa shape index (κ3) is 1.99. The zero-order chi connectivity index (χ0) is 12.6. The molecule has 2 aromatic rings. The molecule has 0 saturated carbocycles. The Balaban J connectivity index is 2.57. The third-order valence-corrected chi connectivity index (χ3v) is 2.58. The number of benzene rings is 1. The van der Waals surface area contributed by atoms with Crippen molar-refractivity contribution in [3.05, 3.63) is 41.2 Å². The fourth-order valence-corrected chi connectivity index (χ4v) is 1.80. The number of amidine groups is 1. The number of nitrogens with zero attached hydrogens (tertiary/aromatic N) is 2. The maximum atomic E-state index is 7.46. The van der Waals surface area contributed by atoms with E-state index in [1.54, 1.807) is 16.8 Å². The summed E-state index contributed by atoms with van der Waals surface area (Å²) in [7, 11) is 0. The molecule has 5 N–H and O–H groups in total. The Morgan fingerprint density at radius 2 is 2.00 bits per heavy atom. The van der Waals surface area contributed by atoms with Gasteiger partial charge < -0.3 is 11.5 Å². The van der Waals surface area contributed by atoms with E-state index in [-0.39, 0.29) is 5.84 Å². The van der Waals surface area contributed by atoms with E-state index >= 15 is 0 Å². The summed E-state index contributed by atoms with van der Waals surface area (Å²) < 4.78 is 1.81. The van der Waals surface area contributed by atoms with Gasteiger partial charge in [0, 0.05) is 16.9 Å². The van der Waals surface area contributed by atoms with E-state index in [4.69, 9.17) is 16.9 Å². The van der Waals surface area contributed by atoms with Crippen LogP contribution in [0, 0.1) is 19.3 Å². The molecule has 1 heterocycles. The van der Waals surface area contributed by atoms with Gasteiger partial charge in [-0.25, -0.2) is 4.68 Å². The lowest BCUT2D eigenvalue weighted by Gasteiger charge is -2.08. The monoisotopic (exact) mass is 229 g/mol. The first-order valence-corrected chi connectivity index (χ1v) is 5.26. The quantitative estimate of drug-likeness (QED) is 0.412. The number of hydrogen-bond donors (Lipinski definition) is 3. The van der Waals surface area contributed by atoms with Crippen molar-refractivity contribution in [3.8, 4) is 5.69 Å². The minimum atomic E-state index is -0.0362.